The van der Waals surface area contributed by atoms with Crippen molar-refractivity contribution >= 4 is 27.6 Å². The fourth-order valence-electron chi connectivity index (χ4n) is 0.822. The number of hydrogen-bond donors (Lipinski definition) is 0. The van der Waals surface area contributed by atoms with Gasteiger partial charge in [-0.15, -0.1) is 0 Å². The first-order valence-electron chi connectivity index (χ1n) is 3.30. The van der Waals surface area contributed by atoms with Crippen molar-refractivity contribution < 1.29 is 0 Å². The van der Waals surface area contributed by atoms with Crippen molar-refractivity contribution in [3.05, 3.63) is 0 Å². The number of rotatable bonds is 3. The largest absolute Gasteiger partial charge is 0.525 e. The van der Waals surface area contributed by atoms with Crippen molar-refractivity contribution in [2.45, 2.75) is 39.8 Å². The van der Waals surface area contributed by atoms with Crippen LogP contribution in [0.5, 0.6) is 0 Å². The molecule has 0 saturated carbocycles. The molecule has 0 aromatic heterocycles. The summed E-state index contributed by atoms with van der Waals surface area (Å²) in [5.41, 5.74) is 0. The summed E-state index contributed by atoms with van der Waals surface area (Å²) in [4.78, 5) is 2.32. The first-order valence-corrected chi connectivity index (χ1v) is 4.55. The van der Waals surface area contributed by atoms with Crippen LogP contribution in [0.25, 0.3) is 0 Å². The molecule has 0 saturated heterocycles. The molecule has 2 radical (unpaired) electrons. The number of hydrogen-bond acceptors (Lipinski definition) is 1. The lowest BCUT2D eigenvalue weighted by atomic mass is 10.1. The van der Waals surface area contributed by atoms with Gasteiger partial charge < -0.3 is 27.2 Å². The van der Waals surface area contributed by atoms with Crippen LogP contribution in [-0.4, -0.2) is 22.2 Å². The summed E-state index contributed by atoms with van der Waals surface area (Å²) < 4.78 is 0. The fraction of sp³-hybridized carbons (Fsp3) is 1.00. The molecule has 0 N–H and O–H groups in total. The molecule has 0 amide bonds. The molecule has 0 aliphatic carbocycles. The normalized spacial score (nSPS) is 12.0. The lowest BCUT2D eigenvalue weighted by Gasteiger charge is -2.41. The molecule has 0 aliphatic heterocycles. The summed E-state index contributed by atoms with van der Waals surface area (Å²) in [5.74, 6) is 0. The molecule has 0 heterocycles. The van der Waals surface area contributed by atoms with Gasteiger partial charge in [0.25, 0.3) is 0 Å². The van der Waals surface area contributed by atoms with Gasteiger partial charge in [0, 0.05) is 0 Å². The molecule has 0 rings (SSSR count). The van der Waals surface area contributed by atoms with E-state index in [0.717, 1.165) is 0 Å². The SMILES string of the molecule is CC(C)N([B-]I)C(C)C. The van der Waals surface area contributed by atoms with Crippen LogP contribution < -0.4 is 0 Å². The lowest BCUT2D eigenvalue weighted by Crippen LogP contribution is -2.37. The molecular weight excluding hydrogens is 224 g/mol. The average Bonchev–Trinajstić information content (AvgIpc) is 1.64. The Morgan fingerprint density at radius 3 is 1.44 bits per heavy atom. The smallest absolute Gasteiger partial charge is 0.0361 e. The van der Waals surface area contributed by atoms with Crippen LogP contribution >= 0.6 is 22.4 Å². The second-order valence-electron chi connectivity index (χ2n) is 2.73. The van der Waals surface area contributed by atoms with Crippen LogP contribution in [-0.2, 0) is 0 Å². The summed E-state index contributed by atoms with van der Waals surface area (Å²) in [6.07, 6.45) is 0. The molecular formula is C6H14BIN-. The van der Waals surface area contributed by atoms with Crippen molar-refractivity contribution in [1.29, 1.82) is 0 Å². The highest BCUT2D eigenvalue weighted by atomic mass is 127. The second kappa shape index (κ2) is 4.55. The van der Waals surface area contributed by atoms with E-state index in [-0.39, 0.29) is 0 Å². The maximum Gasteiger partial charge on any atom is -0.0361 e. The first kappa shape index (κ1) is 9.75. The zero-order valence-corrected chi connectivity index (χ0v) is 8.71. The van der Waals surface area contributed by atoms with E-state index in [1.165, 1.54) is 0 Å². The standard InChI is InChI=1S/C6H14BIN/c1-5(2)9(7-8)6(3)4/h5-6H,1-4H3/q-1. The average molecular weight is 238 g/mol. The van der Waals surface area contributed by atoms with Gasteiger partial charge in [0.05, 0.1) is 0 Å². The quantitative estimate of drug-likeness (QED) is 0.537. The van der Waals surface area contributed by atoms with Crippen LogP contribution in [0.15, 0.2) is 0 Å². The molecule has 0 fully saturated rings. The molecule has 0 atom stereocenters. The Bertz CT molecular complexity index is 67.5. The summed E-state index contributed by atoms with van der Waals surface area (Å²) in [5, 5.41) is 2.12. The molecule has 0 aromatic rings. The zero-order valence-electron chi connectivity index (χ0n) is 6.56. The fourth-order valence-corrected chi connectivity index (χ4v) is 2.11. The van der Waals surface area contributed by atoms with Gasteiger partial charge in [-0.25, -0.2) is 0 Å². The maximum absolute atomic E-state index is 2.32. The molecule has 0 aromatic carbocycles. The molecule has 0 spiro atoms. The highest BCUT2D eigenvalue weighted by molar-refractivity contribution is 14.1. The molecule has 0 bridgehead atoms. The summed E-state index contributed by atoms with van der Waals surface area (Å²) >= 11 is 2.28. The van der Waals surface area contributed by atoms with E-state index in [1.54, 1.807) is 0 Å². The van der Waals surface area contributed by atoms with Gasteiger partial charge in [-0.2, -0.15) is 5.27 Å². The minimum absolute atomic E-state index is 0.627. The monoisotopic (exact) mass is 238 g/mol. The van der Waals surface area contributed by atoms with E-state index in [4.69, 9.17) is 0 Å². The van der Waals surface area contributed by atoms with Crippen molar-refractivity contribution in [3.63, 3.8) is 0 Å². The number of nitrogens with zero attached hydrogens (tertiary/aromatic N) is 1. The van der Waals surface area contributed by atoms with Gasteiger partial charge in [0.1, 0.15) is 0 Å². The Morgan fingerprint density at radius 1 is 1.11 bits per heavy atom. The van der Waals surface area contributed by atoms with Gasteiger partial charge in [-0.05, 0) is 12.1 Å². The summed E-state index contributed by atoms with van der Waals surface area (Å²) in [6, 6.07) is 1.25. The Kier molecular flexibility index (Phi) is 4.93. The van der Waals surface area contributed by atoms with Gasteiger partial charge in [-0.1, -0.05) is 27.7 Å². The van der Waals surface area contributed by atoms with E-state index < -0.39 is 0 Å². The minimum atomic E-state index is 0.627. The second-order valence-corrected chi connectivity index (χ2v) is 3.29. The minimum Gasteiger partial charge on any atom is -0.525 e. The van der Waals surface area contributed by atoms with Crippen molar-refractivity contribution in [1.82, 2.24) is 4.81 Å². The van der Waals surface area contributed by atoms with E-state index in [9.17, 15) is 0 Å². The zero-order chi connectivity index (χ0) is 7.44. The van der Waals surface area contributed by atoms with E-state index in [1.807, 2.05) is 0 Å². The Labute approximate surface area is 72.3 Å². The maximum atomic E-state index is 2.32. The third kappa shape index (κ3) is 3.45. The van der Waals surface area contributed by atoms with Gasteiger partial charge in [0.2, 0.25) is 0 Å². The Hall–Kier alpha value is 0.755. The molecule has 0 aliphatic rings. The highest BCUT2D eigenvalue weighted by Gasteiger charge is 1.99. The van der Waals surface area contributed by atoms with Gasteiger partial charge >= 0.3 is 0 Å². The first-order chi connectivity index (χ1) is 4.09. The topological polar surface area (TPSA) is 3.24 Å². The Balaban J connectivity index is 3.68. The molecule has 9 heavy (non-hydrogen) atoms. The van der Waals surface area contributed by atoms with E-state index in [0.29, 0.717) is 12.1 Å². The van der Waals surface area contributed by atoms with Crippen LogP contribution in [0.1, 0.15) is 27.7 Å². The van der Waals surface area contributed by atoms with Crippen LogP contribution in [0, 0.1) is 0 Å². The molecule has 54 valence electrons. The Morgan fingerprint density at radius 2 is 1.44 bits per heavy atom. The predicted octanol–water partition coefficient (Wildman–Crippen LogP) is 2.07. The van der Waals surface area contributed by atoms with Crippen molar-refractivity contribution in [3.8, 4) is 0 Å². The van der Waals surface area contributed by atoms with Crippen molar-refractivity contribution in [2.75, 3.05) is 0 Å². The van der Waals surface area contributed by atoms with E-state index in [2.05, 4.69) is 60.2 Å². The lowest BCUT2D eigenvalue weighted by molar-refractivity contribution is 0.319. The van der Waals surface area contributed by atoms with E-state index >= 15 is 0 Å². The number of halogens is 1. The van der Waals surface area contributed by atoms with Gasteiger partial charge in [-0.3, -0.25) is 0 Å². The van der Waals surface area contributed by atoms with Crippen LogP contribution in [0.4, 0.5) is 0 Å². The highest BCUT2D eigenvalue weighted by Crippen LogP contribution is 2.04. The van der Waals surface area contributed by atoms with Gasteiger partial charge in [0.15, 0.2) is 0 Å². The molecule has 3 heteroatoms. The molecule has 1 nitrogen and oxygen atoms in total. The predicted molar refractivity (Wildman–Crippen MR) is 51.9 cm³/mol. The van der Waals surface area contributed by atoms with Crippen molar-refractivity contribution in [2.24, 2.45) is 0 Å². The third-order valence-corrected chi connectivity index (χ3v) is 1.95. The van der Waals surface area contributed by atoms with Crippen LogP contribution in [0.3, 0.4) is 0 Å². The summed E-state index contributed by atoms with van der Waals surface area (Å²) in [7, 11) is 0. The van der Waals surface area contributed by atoms with Crippen LogP contribution in [0.2, 0.25) is 0 Å². The molecule has 0 unspecified atom stereocenters. The third-order valence-electron chi connectivity index (χ3n) is 1.31. The summed E-state index contributed by atoms with van der Waals surface area (Å²) in [6.45, 7) is 8.81.